The highest BCUT2D eigenvalue weighted by molar-refractivity contribution is 5.79. The number of carbonyl (C=O) groups is 1. The summed E-state index contributed by atoms with van der Waals surface area (Å²) in [6, 6.07) is 0.356. The Balaban J connectivity index is 1.75. The van der Waals surface area contributed by atoms with Crippen molar-refractivity contribution in [1.29, 1.82) is 0 Å². The molecule has 2 aromatic rings. The summed E-state index contributed by atoms with van der Waals surface area (Å²) < 4.78 is 7.10. The van der Waals surface area contributed by atoms with Crippen LogP contribution in [0, 0.1) is 13.8 Å². The van der Waals surface area contributed by atoms with Crippen molar-refractivity contribution in [2.75, 3.05) is 0 Å². The highest BCUT2D eigenvalue weighted by Gasteiger charge is 2.33. The van der Waals surface area contributed by atoms with E-state index in [0.717, 1.165) is 35.7 Å². The Hall–Kier alpha value is -2.11. The van der Waals surface area contributed by atoms with Crippen LogP contribution in [0.1, 0.15) is 35.7 Å². The minimum atomic E-state index is 0.120. The molecule has 0 spiro atoms. The van der Waals surface area contributed by atoms with Crippen molar-refractivity contribution >= 4 is 5.91 Å². The van der Waals surface area contributed by atoms with E-state index < -0.39 is 0 Å². The molecule has 0 bridgehead atoms. The monoisotopic (exact) mass is 288 g/mol. The van der Waals surface area contributed by atoms with Crippen LogP contribution in [0.4, 0.5) is 0 Å². The van der Waals surface area contributed by atoms with Crippen molar-refractivity contribution in [1.82, 2.24) is 19.6 Å². The number of rotatable bonds is 5. The quantitative estimate of drug-likeness (QED) is 0.841. The Bertz CT molecular complexity index is 635. The molecule has 0 radical (unpaired) electrons. The van der Waals surface area contributed by atoms with E-state index >= 15 is 0 Å². The zero-order chi connectivity index (χ0) is 15.0. The molecule has 3 rings (SSSR count). The van der Waals surface area contributed by atoms with E-state index in [4.69, 9.17) is 4.52 Å². The van der Waals surface area contributed by atoms with Crippen LogP contribution in [0.2, 0.25) is 0 Å². The summed E-state index contributed by atoms with van der Waals surface area (Å²) in [5.41, 5.74) is 1.71. The molecule has 2 aromatic heterocycles. The Morgan fingerprint density at radius 1 is 1.48 bits per heavy atom. The first-order valence-electron chi connectivity index (χ1n) is 7.23. The summed E-state index contributed by atoms with van der Waals surface area (Å²) in [6.07, 6.45) is 6.18. The normalized spacial score (nSPS) is 14.4. The molecule has 2 heterocycles. The molecule has 1 aliphatic carbocycles. The van der Waals surface area contributed by atoms with Gasteiger partial charge in [0.05, 0.1) is 18.7 Å². The van der Waals surface area contributed by atoms with Crippen LogP contribution in [-0.4, -0.2) is 31.6 Å². The number of hydrogen-bond acceptors (Lipinski definition) is 4. The third kappa shape index (κ3) is 2.84. The molecule has 1 fully saturated rings. The second-order valence-electron chi connectivity index (χ2n) is 5.69. The van der Waals surface area contributed by atoms with Crippen molar-refractivity contribution < 1.29 is 9.32 Å². The van der Waals surface area contributed by atoms with Crippen LogP contribution in [-0.2, 0) is 24.8 Å². The van der Waals surface area contributed by atoms with Gasteiger partial charge in [0, 0.05) is 31.0 Å². The molecule has 1 aliphatic rings. The van der Waals surface area contributed by atoms with Gasteiger partial charge in [-0.05, 0) is 26.7 Å². The molecular formula is C15H20N4O2. The van der Waals surface area contributed by atoms with E-state index in [2.05, 4.69) is 10.1 Å². The van der Waals surface area contributed by atoms with Gasteiger partial charge < -0.3 is 14.0 Å². The molecule has 6 heteroatoms. The molecule has 1 amide bonds. The van der Waals surface area contributed by atoms with Crippen LogP contribution in [0.25, 0.3) is 0 Å². The molecule has 21 heavy (non-hydrogen) atoms. The first kappa shape index (κ1) is 13.9. The number of carbonyl (C=O) groups excluding carboxylic acids is 1. The van der Waals surface area contributed by atoms with Crippen LogP contribution in [0.5, 0.6) is 0 Å². The van der Waals surface area contributed by atoms with Gasteiger partial charge in [-0.3, -0.25) is 4.79 Å². The fraction of sp³-hybridized carbons (Fsp3) is 0.533. The van der Waals surface area contributed by atoms with Crippen LogP contribution >= 0.6 is 0 Å². The highest BCUT2D eigenvalue weighted by atomic mass is 16.5. The zero-order valence-corrected chi connectivity index (χ0v) is 12.7. The molecule has 0 saturated heterocycles. The van der Waals surface area contributed by atoms with Gasteiger partial charge in [-0.15, -0.1) is 0 Å². The first-order valence-corrected chi connectivity index (χ1v) is 7.23. The zero-order valence-electron chi connectivity index (χ0n) is 12.7. The fourth-order valence-corrected chi connectivity index (χ4v) is 2.52. The van der Waals surface area contributed by atoms with Gasteiger partial charge in [0.1, 0.15) is 11.6 Å². The third-order valence-electron chi connectivity index (χ3n) is 4.05. The van der Waals surface area contributed by atoms with Gasteiger partial charge >= 0.3 is 0 Å². The standard InChI is InChI=1S/C15H20N4O2/c1-10-13(11(2)21-17-10)8-15(20)19(12-4-5-12)9-14-16-6-7-18(14)3/h6-7,12H,4-5,8-9H2,1-3H3. The van der Waals surface area contributed by atoms with Crippen molar-refractivity contribution in [2.24, 2.45) is 7.05 Å². The first-order chi connectivity index (χ1) is 10.1. The highest BCUT2D eigenvalue weighted by Crippen LogP contribution is 2.29. The molecule has 0 aliphatic heterocycles. The second-order valence-corrected chi connectivity index (χ2v) is 5.69. The summed E-state index contributed by atoms with van der Waals surface area (Å²) >= 11 is 0. The van der Waals surface area contributed by atoms with Gasteiger partial charge in [0.2, 0.25) is 5.91 Å². The minimum Gasteiger partial charge on any atom is -0.361 e. The van der Waals surface area contributed by atoms with Crippen LogP contribution < -0.4 is 0 Å². The number of amides is 1. The smallest absolute Gasteiger partial charge is 0.227 e. The minimum absolute atomic E-state index is 0.120. The second kappa shape index (κ2) is 5.35. The van der Waals surface area contributed by atoms with Crippen LogP contribution in [0.15, 0.2) is 16.9 Å². The lowest BCUT2D eigenvalue weighted by Crippen LogP contribution is -2.34. The lowest BCUT2D eigenvalue weighted by atomic mass is 10.1. The Morgan fingerprint density at radius 3 is 2.76 bits per heavy atom. The van der Waals surface area contributed by atoms with E-state index in [1.807, 2.05) is 36.6 Å². The Morgan fingerprint density at radius 2 is 2.24 bits per heavy atom. The van der Waals surface area contributed by atoms with Gasteiger partial charge in [-0.2, -0.15) is 0 Å². The van der Waals surface area contributed by atoms with E-state index in [1.165, 1.54) is 0 Å². The average molecular weight is 288 g/mol. The van der Waals surface area contributed by atoms with E-state index in [-0.39, 0.29) is 5.91 Å². The summed E-state index contributed by atoms with van der Waals surface area (Å²) in [6.45, 7) is 4.29. The molecule has 0 unspecified atom stereocenters. The number of aromatic nitrogens is 3. The van der Waals surface area contributed by atoms with Gasteiger partial charge in [0.15, 0.2) is 0 Å². The maximum absolute atomic E-state index is 12.7. The molecule has 0 atom stereocenters. The third-order valence-corrected chi connectivity index (χ3v) is 4.05. The van der Waals surface area contributed by atoms with Gasteiger partial charge in [-0.25, -0.2) is 4.98 Å². The Kier molecular flexibility index (Phi) is 3.53. The van der Waals surface area contributed by atoms with E-state index in [1.54, 1.807) is 6.20 Å². The summed E-state index contributed by atoms with van der Waals surface area (Å²) in [5, 5.41) is 3.92. The van der Waals surface area contributed by atoms with Crippen molar-refractivity contribution in [2.45, 2.75) is 45.7 Å². The van der Waals surface area contributed by atoms with Crippen molar-refractivity contribution in [3.63, 3.8) is 0 Å². The number of hydrogen-bond donors (Lipinski definition) is 0. The van der Waals surface area contributed by atoms with E-state index in [9.17, 15) is 4.79 Å². The molecule has 0 aromatic carbocycles. The largest absolute Gasteiger partial charge is 0.361 e. The van der Waals surface area contributed by atoms with Crippen LogP contribution in [0.3, 0.4) is 0 Å². The number of imidazole rings is 1. The summed E-state index contributed by atoms with van der Waals surface area (Å²) in [4.78, 5) is 18.9. The average Bonchev–Trinajstić information content (AvgIpc) is 3.15. The lowest BCUT2D eigenvalue weighted by molar-refractivity contribution is -0.131. The molecular weight excluding hydrogens is 268 g/mol. The molecule has 1 saturated carbocycles. The SMILES string of the molecule is Cc1noc(C)c1CC(=O)N(Cc1nccn1C)C1CC1. The molecule has 0 N–H and O–H groups in total. The number of aryl methyl sites for hydroxylation is 3. The van der Waals surface area contributed by atoms with Gasteiger partial charge in [0.25, 0.3) is 0 Å². The molecule has 112 valence electrons. The van der Waals surface area contributed by atoms with E-state index in [0.29, 0.717) is 19.0 Å². The predicted molar refractivity (Wildman–Crippen MR) is 76.5 cm³/mol. The lowest BCUT2D eigenvalue weighted by Gasteiger charge is -2.22. The number of nitrogens with zero attached hydrogens (tertiary/aromatic N) is 4. The maximum Gasteiger partial charge on any atom is 0.227 e. The predicted octanol–water partition coefficient (Wildman–Crippen LogP) is 1.76. The van der Waals surface area contributed by atoms with Crippen molar-refractivity contribution in [3.8, 4) is 0 Å². The maximum atomic E-state index is 12.7. The summed E-state index contributed by atoms with van der Waals surface area (Å²) in [7, 11) is 1.95. The topological polar surface area (TPSA) is 64.2 Å². The Labute approximate surface area is 123 Å². The summed E-state index contributed by atoms with van der Waals surface area (Å²) in [5.74, 6) is 1.76. The van der Waals surface area contributed by atoms with Gasteiger partial charge in [-0.1, -0.05) is 5.16 Å². The fourth-order valence-electron chi connectivity index (χ4n) is 2.52. The molecule has 6 nitrogen and oxygen atoms in total. The van der Waals surface area contributed by atoms with Crippen molar-refractivity contribution in [3.05, 3.63) is 35.2 Å².